The number of fused-ring (bicyclic) bond motifs is 6. The van der Waals surface area contributed by atoms with Gasteiger partial charge in [-0.25, -0.2) is 19.9 Å². The number of aromatic nitrogens is 4. The van der Waals surface area contributed by atoms with Gasteiger partial charge in [-0.1, -0.05) is 146 Å². The smallest absolute Gasteiger partial charge is 0.164 e. The summed E-state index contributed by atoms with van der Waals surface area (Å²) in [5.41, 5.74) is 7.44. The molecule has 10 aromatic rings. The van der Waals surface area contributed by atoms with Crippen LogP contribution in [0.3, 0.4) is 0 Å². The van der Waals surface area contributed by atoms with Crippen molar-refractivity contribution in [3.8, 4) is 55.9 Å². The molecule has 8 aromatic carbocycles. The van der Waals surface area contributed by atoms with Gasteiger partial charge in [0.25, 0.3) is 0 Å². The molecule has 5 heteroatoms. The third kappa shape index (κ3) is 5.32. The zero-order valence-corrected chi connectivity index (χ0v) is 28.2. The highest BCUT2D eigenvalue weighted by atomic mass is 32.1. The Morgan fingerprint density at radius 2 is 0.843 bits per heavy atom. The van der Waals surface area contributed by atoms with Gasteiger partial charge in [-0.15, -0.1) is 11.3 Å². The minimum atomic E-state index is 0.644. The van der Waals surface area contributed by atoms with Gasteiger partial charge in [0.2, 0.25) is 0 Å². The Bertz CT molecular complexity index is 2840. The Morgan fingerprint density at radius 3 is 1.53 bits per heavy atom. The van der Waals surface area contributed by atoms with Crippen LogP contribution in [0, 0.1) is 0 Å². The maximum atomic E-state index is 5.31. The predicted molar refractivity (Wildman–Crippen MR) is 213 cm³/mol. The van der Waals surface area contributed by atoms with Gasteiger partial charge in [0, 0.05) is 27.6 Å². The van der Waals surface area contributed by atoms with E-state index in [0.29, 0.717) is 17.5 Å². The molecule has 0 amide bonds. The van der Waals surface area contributed by atoms with Crippen LogP contribution in [-0.4, -0.2) is 19.9 Å². The van der Waals surface area contributed by atoms with Crippen LogP contribution in [-0.2, 0) is 0 Å². The van der Waals surface area contributed by atoms with Crippen molar-refractivity contribution in [3.63, 3.8) is 0 Å². The number of thiazole rings is 1. The first kappa shape index (κ1) is 29.4. The van der Waals surface area contributed by atoms with Crippen LogP contribution in [0.1, 0.15) is 0 Å². The van der Waals surface area contributed by atoms with Crippen LogP contribution >= 0.6 is 11.3 Å². The lowest BCUT2D eigenvalue weighted by Gasteiger charge is -2.10. The molecular formula is C46H28N4S. The molecule has 0 spiro atoms. The summed E-state index contributed by atoms with van der Waals surface area (Å²) in [6.45, 7) is 0. The van der Waals surface area contributed by atoms with E-state index in [-0.39, 0.29) is 0 Å². The van der Waals surface area contributed by atoms with Crippen molar-refractivity contribution < 1.29 is 0 Å². The molecule has 10 rings (SSSR count). The Labute approximate surface area is 298 Å². The molecule has 0 radical (unpaired) electrons. The molecule has 2 aromatic heterocycles. The van der Waals surface area contributed by atoms with Gasteiger partial charge in [0.1, 0.15) is 5.01 Å². The SMILES string of the molecule is c1ccc(-c2ccc3ccc(-c4nc5c(ccc6ccc7cc(-c8nc(-c9ccccc9)nc(-c9ccccc9)n8)ccc7c65)s4)cc3c2)cc1. The van der Waals surface area contributed by atoms with Gasteiger partial charge in [0.05, 0.1) is 10.2 Å². The molecule has 0 saturated carbocycles. The highest BCUT2D eigenvalue weighted by Gasteiger charge is 2.16. The van der Waals surface area contributed by atoms with Crippen molar-refractivity contribution >= 4 is 53.9 Å². The summed E-state index contributed by atoms with van der Waals surface area (Å²) in [6.07, 6.45) is 0. The average molecular weight is 669 g/mol. The summed E-state index contributed by atoms with van der Waals surface area (Å²) in [4.78, 5) is 20.1. The summed E-state index contributed by atoms with van der Waals surface area (Å²) in [7, 11) is 0. The van der Waals surface area contributed by atoms with Gasteiger partial charge in [-0.05, 0) is 62.3 Å². The molecule has 0 bridgehead atoms. The minimum Gasteiger partial charge on any atom is -0.235 e. The van der Waals surface area contributed by atoms with Crippen LogP contribution in [0.2, 0.25) is 0 Å². The molecule has 0 aliphatic rings. The molecule has 0 saturated heterocycles. The molecule has 238 valence electrons. The molecule has 0 atom stereocenters. The van der Waals surface area contributed by atoms with E-state index in [9.17, 15) is 0 Å². The number of nitrogens with zero attached hydrogens (tertiary/aromatic N) is 4. The van der Waals surface area contributed by atoms with Crippen molar-refractivity contribution in [2.45, 2.75) is 0 Å². The maximum absolute atomic E-state index is 5.31. The fourth-order valence-electron chi connectivity index (χ4n) is 6.93. The van der Waals surface area contributed by atoms with E-state index < -0.39 is 0 Å². The molecule has 0 fully saturated rings. The zero-order chi connectivity index (χ0) is 33.7. The van der Waals surface area contributed by atoms with E-state index in [1.807, 2.05) is 60.7 Å². The predicted octanol–water partition coefficient (Wildman–Crippen LogP) is 12.3. The summed E-state index contributed by atoms with van der Waals surface area (Å²) in [6, 6.07) is 59.4. The second-order valence-corrected chi connectivity index (χ2v) is 13.7. The molecule has 0 unspecified atom stereocenters. The maximum Gasteiger partial charge on any atom is 0.164 e. The summed E-state index contributed by atoms with van der Waals surface area (Å²) in [5.74, 6) is 1.95. The molecule has 0 aliphatic heterocycles. The largest absolute Gasteiger partial charge is 0.235 e. The zero-order valence-electron chi connectivity index (χ0n) is 27.4. The van der Waals surface area contributed by atoms with Gasteiger partial charge >= 0.3 is 0 Å². The lowest BCUT2D eigenvalue weighted by atomic mass is 9.99. The Kier molecular flexibility index (Phi) is 6.96. The third-order valence-corrected chi connectivity index (χ3v) is 10.6. The van der Waals surface area contributed by atoms with E-state index in [0.717, 1.165) is 48.9 Å². The fraction of sp³-hybridized carbons (Fsp3) is 0. The third-order valence-electron chi connectivity index (χ3n) is 9.51. The van der Waals surface area contributed by atoms with E-state index in [1.165, 1.54) is 32.0 Å². The Morgan fingerprint density at radius 1 is 0.333 bits per heavy atom. The van der Waals surface area contributed by atoms with Crippen molar-refractivity contribution in [2.75, 3.05) is 0 Å². The van der Waals surface area contributed by atoms with E-state index in [1.54, 1.807) is 11.3 Å². The molecular weight excluding hydrogens is 641 g/mol. The number of hydrogen-bond acceptors (Lipinski definition) is 5. The van der Waals surface area contributed by atoms with Crippen molar-refractivity contribution in [2.24, 2.45) is 0 Å². The van der Waals surface area contributed by atoms with E-state index in [4.69, 9.17) is 19.9 Å². The minimum absolute atomic E-state index is 0.644. The van der Waals surface area contributed by atoms with Crippen molar-refractivity contribution in [3.05, 3.63) is 170 Å². The lowest BCUT2D eigenvalue weighted by Crippen LogP contribution is -2.00. The Balaban J connectivity index is 1.09. The quantitative estimate of drug-likeness (QED) is 0.171. The monoisotopic (exact) mass is 668 g/mol. The van der Waals surface area contributed by atoms with Crippen LogP contribution in [0.15, 0.2) is 170 Å². The van der Waals surface area contributed by atoms with Crippen LogP contribution in [0.5, 0.6) is 0 Å². The molecule has 0 N–H and O–H groups in total. The Hall–Kier alpha value is -6.56. The van der Waals surface area contributed by atoms with Gasteiger partial charge in [-0.2, -0.15) is 0 Å². The van der Waals surface area contributed by atoms with E-state index >= 15 is 0 Å². The standard InChI is InChI=1S/C46H28N4S/c1-4-10-29(11-5-1)34-19-16-30-17-21-37(28-38(30)26-34)46-47-42-40(51-46)25-23-31-18-20-35-27-36(22-24-39(35)41(31)42)45-49-43(32-12-6-2-7-13-32)48-44(50-45)33-14-8-3-9-15-33/h1-28H. The van der Waals surface area contributed by atoms with Crippen LogP contribution < -0.4 is 0 Å². The number of benzene rings is 8. The van der Waals surface area contributed by atoms with E-state index in [2.05, 4.69) is 109 Å². The fourth-order valence-corrected chi connectivity index (χ4v) is 7.90. The molecule has 4 nitrogen and oxygen atoms in total. The van der Waals surface area contributed by atoms with Gasteiger partial charge in [0.15, 0.2) is 17.5 Å². The second-order valence-electron chi connectivity index (χ2n) is 12.7. The van der Waals surface area contributed by atoms with Crippen molar-refractivity contribution in [1.29, 1.82) is 0 Å². The topological polar surface area (TPSA) is 51.6 Å². The normalized spacial score (nSPS) is 11.5. The highest BCUT2D eigenvalue weighted by molar-refractivity contribution is 7.21. The second kappa shape index (κ2) is 12.1. The summed E-state index contributed by atoms with van der Waals surface area (Å²) in [5, 5.41) is 8.05. The highest BCUT2D eigenvalue weighted by Crippen LogP contribution is 2.39. The molecule has 0 aliphatic carbocycles. The lowest BCUT2D eigenvalue weighted by molar-refractivity contribution is 1.07. The summed E-state index contributed by atoms with van der Waals surface area (Å²) >= 11 is 1.74. The first-order valence-corrected chi connectivity index (χ1v) is 17.8. The first-order chi connectivity index (χ1) is 25.2. The summed E-state index contributed by atoms with van der Waals surface area (Å²) < 4.78 is 1.17. The number of hydrogen-bond donors (Lipinski definition) is 0. The van der Waals surface area contributed by atoms with Gasteiger partial charge in [-0.3, -0.25) is 0 Å². The average Bonchev–Trinajstić information content (AvgIpc) is 3.66. The van der Waals surface area contributed by atoms with Gasteiger partial charge < -0.3 is 0 Å². The van der Waals surface area contributed by atoms with Crippen LogP contribution in [0.25, 0.3) is 98.4 Å². The van der Waals surface area contributed by atoms with Crippen LogP contribution in [0.4, 0.5) is 0 Å². The number of rotatable bonds is 5. The van der Waals surface area contributed by atoms with Crippen molar-refractivity contribution in [1.82, 2.24) is 19.9 Å². The molecule has 2 heterocycles. The molecule has 51 heavy (non-hydrogen) atoms. The first-order valence-electron chi connectivity index (χ1n) is 17.0.